The highest BCUT2D eigenvalue weighted by Crippen LogP contribution is 2.40. The Morgan fingerprint density at radius 1 is 0.976 bits per heavy atom. The van der Waals surface area contributed by atoms with Gasteiger partial charge in [-0.05, 0) is 67.4 Å². The molecule has 2 rings (SSSR count). The highest BCUT2D eigenvalue weighted by Gasteiger charge is 2.36. The van der Waals surface area contributed by atoms with Crippen LogP contribution in [0.1, 0.15) is 34.0 Å². The fourth-order valence-electron chi connectivity index (χ4n) is 3.33. The minimum absolute atomic E-state index is 0.118. The van der Waals surface area contributed by atoms with Crippen LogP contribution in [0.4, 0.5) is 30.7 Å². The zero-order valence-corrected chi connectivity index (χ0v) is 21.5. The number of nitroso groups, excluding NO2 is 1. The largest absolute Gasteiger partial charge is 0.573 e. The normalized spacial score (nSPS) is 12.5. The molecule has 0 atom stereocenters. The van der Waals surface area contributed by atoms with Crippen molar-refractivity contribution < 1.29 is 54.5 Å². The molecule has 0 spiro atoms. The Kier molecular flexibility index (Phi) is 9.98. The average Bonchev–Trinajstić information content (AvgIpc) is 2.86. The number of benzene rings is 2. The van der Waals surface area contributed by atoms with Crippen molar-refractivity contribution in [3.63, 3.8) is 0 Å². The number of hydrogen-bond donors (Lipinski definition) is 2. The SMILES string of the molecule is COC(=O)C(=N)/C=C(NC(=O)c1c(Oc2ccc(OC(F)(F)F)c(F)c2C)ccc(C(F)(F)F)c1C)\C(C)=C/N=O. The molecule has 0 aromatic heterocycles. The highest BCUT2D eigenvalue weighted by atomic mass is 19.4. The first-order chi connectivity index (χ1) is 18.9. The molecule has 0 fully saturated rings. The number of nitrogens with zero attached hydrogens (tertiary/aromatic N) is 1. The summed E-state index contributed by atoms with van der Waals surface area (Å²) in [7, 11) is 0.959. The van der Waals surface area contributed by atoms with E-state index in [1.807, 2.05) is 0 Å². The van der Waals surface area contributed by atoms with Crippen molar-refractivity contribution in [2.45, 2.75) is 33.3 Å². The van der Waals surface area contributed by atoms with E-state index in [2.05, 4.69) is 20.0 Å². The number of allylic oxidation sites excluding steroid dienone is 1. The first-order valence-corrected chi connectivity index (χ1v) is 11.0. The van der Waals surface area contributed by atoms with Crippen LogP contribution in [0, 0.1) is 30.0 Å². The van der Waals surface area contributed by atoms with E-state index in [-0.39, 0.29) is 5.57 Å². The summed E-state index contributed by atoms with van der Waals surface area (Å²) in [6.07, 6.45) is -8.72. The monoisotopic (exact) mass is 591 g/mol. The number of amides is 1. The third-order valence-corrected chi connectivity index (χ3v) is 5.32. The molecule has 220 valence electrons. The van der Waals surface area contributed by atoms with Gasteiger partial charge in [0, 0.05) is 11.3 Å². The number of hydrogen-bond acceptors (Lipinski definition) is 8. The van der Waals surface area contributed by atoms with Crippen molar-refractivity contribution in [1.82, 2.24) is 5.32 Å². The second kappa shape index (κ2) is 12.6. The lowest BCUT2D eigenvalue weighted by Gasteiger charge is -2.20. The van der Waals surface area contributed by atoms with E-state index in [0.29, 0.717) is 18.3 Å². The first-order valence-electron chi connectivity index (χ1n) is 11.0. The lowest BCUT2D eigenvalue weighted by Crippen LogP contribution is -2.27. The maximum Gasteiger partial charge on any atom is 0.573 e. The van der Waals surface area contributed by atoms with Crippen LogP contribution in [0.3, 0.4) is 0 Å². The van der Waals surface area contributed by atoms with Crippen molar-refractivity contribution in [2.24, 2.45) is 5.18 Å². The van der Waals surface area contributed by atoms with Gasteiger partial charge < -0.3 is 19.5 Å². The number of nitrogens with one attached hydrogen (secondary N) is 2. The van der Waals surface area contributed by atoms with Crippen LogP contribution in [0.15, 0.2) is 53.0 Å². The van der Waals surface area contributed by atoms with Gasteiger partial charge in [0.2, 0.25) is 0 Å². The molecule has 16 heteroatoms. The lowest BCUT2D eigenvalue weighted by molar-refractivity contribution is -0.275. The van der Waals surface area contributed by atoms with Gasteiger partial charge >= 0.3 is 18.5 Å². The molecule has 0 bridgehead atoms. The topological polar surface area (TPSA) is 127 Å². The first kappa shape index (κ1) is 32.5. The number of rotatable bonds is 9. The van der Waals surface area contributed by atoms with Gasteiger partial charge in [-0.25, -0.2) is 9.18 Å². The summed E-state index contributed by atoms with van der Waals surface area (Å²) in [5.74, 6) is -6.16. The number of ether oxygens (including phenoxy) is 3. The lowest BCUT2D eigenvalue weighted by atomic mass is 9.99. The van der Waals surface area contributed by atoms with Crippen LogP contribution in [-0.2, 0) is 15.7 Å². The maximum atomic E-state index is 14.6. The van der Waals surface area contributed by atoms with E-state index >= 15 is 0 Å². The number of carbonyl (C=O) groups excluding carboxylic acids is 2. The second-order valence-corrected chi connectivity index (χ2v) is 8.09. The number of halogens is 7. The smallest absolute Gasteiger partial charge is 0.464 e. The van der Waals surface area contributed by atoms with Crippen molar-refractivity contribution >= 4 is 17.6 Å². The molecule has 2 N–H and O–H groups in total. The zero-order valence-electron chi connectivity index (χ0n) is 21.5. The minimum Gasteiger partial charge on any atom is -0.464 e. The van der Waals surface area contributed by atoms with Crippen LogP contribution in [0.5, 0.6) is 17.2 Å². The fourth-order valence-corrected chi connectivity index (χ4v) is 3.33. The molecule has 0 aliphatic carbocycles. The van der Waals surface area contributed by atoms with Gasteiger partial charge in [0.1, 0.15) is 17.2 Å². The fraction of sp³-hybridized carbons (Fsp3) is 0.240. The molecule has 0 radical (unpaired) electrons. The van der Waals surface area contributed by atoms with Gasteiger partial charge in [-0.3, -0.25) is 10.2 Å². The van der Waals surface area contributed by atoms with Crippen molar-refractivity contribution in [1.29, 1.82) is 5.41 Å². The van der Waals surface area contributed by atoms with Gasteiger partial charge in [0.15, 0.2) is 11.6 Å². The van der Waals surface area contributed by atoms with Crippen LogP contribution >= 0.6 is 0 Å². The zero-order chi connectivity index (χ0) is 31.3. The Labute approximate surface area is 227 Å². The molecule has 0 saturated heterocycles. The van der Waals surface area contributed by atoms with Crippen LogP contribution in [0.2, 0.25) is 0 Å². The summed E-state index contributed by atoms with van der Waals surface area (Å²) in [5, 5.41) is 12.4. The molecule has 0 saturated carbocycles. The molecular formula is C25H20F7N3O6. The molecule has 41 heavy (non-hydrogen) atoms. The molecular weight excluding hydrogens is 571 g/mol. The van der Waals surface area contributed by atoms with E-state index in [1.165, 1.54) is 6.92 Å². The predicted octanol–water partition coefficient (Wildman–Crippen LogP) is 6.63. The van der Waals surface area contributed by atoms with Gasteiger partial charge in [-0.2, -0.15) is 13.2 Å². The summed E-state index contributed by atoms with van der Waals surface area (Å²) in [6, 6.07) is 2.72. The quantitative estimate of drug-likeness (QED) is 0.111. The number of carbonyl (C=O) groups is 2. The third kappa shape index (κ3) is 8.12. The molecule has 9 nitrogen and oxygen atoms in total. The number of alkyl halides is 6. The maximum absolute atomic E-state index is 14.6. The molecule has 0 aliphatic heterocycles. The summed E-state index contributed by atoms with van der Waals surface area (Å²) in [6.45, 7) is 3.16. The van der Waals surface area contributed by atoms with Crippen molar-refractivity contribution in [3.05, 3.63) is 80.8 Å². The second-order valence-electron chi connectivity index (χ2n) is 8.09. The average molecular weight is 591 g/mol. The molecule has 0 unspecified atom stereocenters. The Morgan fingerprint density at radius 2 is 1.56 bits per heavy atom. The molecule has 1 amide bonds. The molecule has 2 aromatic carbocycles. The van der Waals surface area contributed by atoms with Gasteiger partial charge in [-0.15, -0.1) is 18.1 Å². The van der Waals surface area contributed by atoms with Crippen LogP contribution in [-0.4, -0.2) is 31.1 Å². The molecule has 0 aliphatic rings. The van der Waals surface area contributed by atoms with E-state index in [0.717, 1.165) is 39.2 Å². The Hall–Kier alpha value is -4.76. The Balaban J connectivity index is 2.67. The minimum atomic E-state index is -5.22. The Bertz CT molecular complexity index is 1450. The molecule has 0 heterocycles. The van der Waals surface area contributed by atoms with E-state index in [1.54, 1.807) is 0 Å². The van der Waals surface area contributed by atoms with E-state index in [9.17, 15) is 45.2 Å². The standard InChI is InChI=1S/C25H20F7N3O6/c1-11(10-34-38)16(9-15(33)23(37)39-4)35-22(36)20-12(2)14(24(27,28)29)5-6-18(20)40-17-7-8-19(21(26)13(17)3)41-25(30,31)32/h5-10,33H,1-4H3,(H,35,36)/b11-10-,16-9+,33-15?. The van der Waals surface area contributed by atoms with E-state index in [4.69, 9.17) is 10.1 Å². The van der Waals surface area contributed by atoms with Crippen molar-refractivity contribution in [2.75, 3.05) is 7.11 Å². The van der Waals surface area contributed by atoms with Gasteiger partial charge in [0.05, 0.1) is 24.4 Å². The highest BCUT2D eigenvalue weighted by molar-refractivity contribution is 6.40. The van der Waals surface area contributed by atoms with Crippen molar-refractivity contribution in [3.8, 4) is 17.2 Å². The van der Waals surface area contributed by atoms with E-state index < -0.39 is 81.1 Å². The van der Waals surface area contributed by atoms with Gasteiger partial charge in [0.25, 0.3) is 5.91 Å². The summed E-state index contributed by atoms with van der Waals surface area (Å²) in [5.41, 5.74) is -4.54. The number of esters is 1. The summed E-state index contributed by atoms with van der Waals surface area (Å²) < 4.78 is 107. The molecule has 2 aromatic rings. The predicted molar refractivity (Wildman–Crippen MR) is 129 cm³/mol. The third-order valence-electron chi connectivity index (χ3n) is 5.32. The van der Waals surface area contributed by atoms with Crippen LogP contribution < -0.4 is 14.8 Å². The summed E-state index contributed by atoms with van der Waals surface area (Å²) in [4.78, 5) is 35.7. The van der Waals surface area contributed by atoms with Gasteiger partial charge in [-0.1, -0.05) is 0 Å². The van der Waals surface area contributed by atoms with Crippen LogP contribution in [0.25, 0.3) is 0 Å². The number of methoxy groups -OCH3 is 1. The Morgan fingerprint density at radius 3 is 2.10 bits per heavy atom. The summed E-state index contributed by atoms with van der Waals surface area (Å²) >= 11 is 0.